The van der Waals surface area contributed by atoms with Crippen molar-refractivity contribution in [2.24, 2.45) is 5.41 Å². The third-order valence-electron chi connectivity index (χ3n) is 5.01. The van der Waals surface area contributed by atoms with Crippen LogP contribution >= 0.6 is 0 Å². The van der Waals surface area contributed by atoms with Gasteiger partial charge in [0, 0.05) is 25.9 Å². The minimum Gasteiger partial charge on any atom is -0.300 e. The third kappa shape index (κ3) is 4.37. The van der Waals surface area contributed by atoms with Crippen LogP contribution in [-0.2, 0) is 14.8 Å². The minimum atomic E-state index is -3.69. The molecule has 0 atom stereocenters. The molecule has 0 radical (unpaired) electrons. The predicted molar refractivity (Wildman–Crippen MR) is 108 cm³/mol. The van der Waals surface area contributed by atoms with E-state index < -0.39 is 10.0 Å². The van der Waals surface area contributed by atoms with Crippen LogP contribution in [0.3, 0.4) is 0 Å². The van der Waals surface area contributed by atoms with Crippen molar-refractivity contribution >= 4 is 21.4 Å². The lowest BCUT2D eigenvalue weighted by Gasteiger charge is -2.40. The molecule has 2 aromatic rings. The lowest BCUT2D eigenvalue weighted by Crippen LogP contribution is -2.47. The molecule has 142 valence electrons. The molecule has 4 nitrogen and oxygen atoms in total. The van der Waals surface area contributed by atoms with Crippen molar-refractivity contribution < 1.29 is 13.2 Å². The Balaban J connectivity index is 1.90. The Morgan fingerprint density at radius 3 is 2.22 bits per heavy atom. The maximum atomic E-state index is 13.3. The first-order valence-corrected chi connectivity index (χ1v) is 10.5. The fourth-order valence-corrected chi connectivity index (χ4v) is 5.09. The number of carbonyl (C=O) groups excluding carboxylic acids is 1. The molecule has 3 rings (SSSR count). The number of sulfonamides is 1. The molecule has 1 saturated carbocycles. The highest BCUT2D eigenvalue weighted by Crippen LogP contribution is 2.39. The Bertz CT molecular complexity index is 939. The normalized spacial score (nSPS) is 16.2. The number of Topliss-reactive ketones (excluding diaryl/α,β-unsaturated/α-hetero) is 1. The number of hydrogen-bond donors (Lipinski definition) is 0. The second-order valence-electron chi connectivity index (χ2n) is 7.76. The van der Waals surface area contributed by atoms with Gasteiger partial charge in [-0.15, -0.1) is 0 Å². The van der Waals surface area contributed by atoms with Crippen molar-refractivity contribution in [1.29, 1.82) is 0 Å². The van der Waals surface area contributed by atoms with Crippen LogP contribution in [0.5, 0.6) is 0 Å². The monoisotopic (exact) mass is 383 g/mol. The zero-order chi connectivity index (χ0) is 19.7. The van der Waals surface area contributed by atoms with Crippen molar-refractivity contribution in [2.45, 2.75) is 31.6 Å². The van der Waals surface area contributed by atoms with E-state index in [2.05, 4.69) is 6.58 Å². The SMILES string of the molecule is C=C(CN(CC1(C)CC(=O)C1)S(=O)(=O)c1ccc(C)cc1)c1ccccc1. The van der Waals surface area contributed by atoms with Gasteiger partial charge in [0.2, 0.25) is 10.0 Å². The number of ketones is 1. The van der Waals surface area contributed by atoms with Gasteiger partial charge in [-0.3, -0.25) is 4.79 Å². The van der Waals surface area contributed by atoms with E-state index in [0.29, 0.717) is 19.4 Å². The summed E-state index contributed by atoms with van der Waals surface area (Å²) in [6.07, 6.45) is 0.843. The highest BCUT2D eigenvalue weighted by atomic mass is 32.2. The van der Waals surface area contributed by atoms with Gasteiger partial charge in [-0.1, -0.05) is 61.5 Å². The van der Waals surface area contributed by atoms with Crippen LogP contribution in [0, 0.1) is 12.3 Å². The van der Waals surface area contributed by atoms with Gasteiger partial charge in [0.05, 0.1) is 4.90 Å². The minimum absolute atomic E-state index is 0.187. The number of rotatable bonds is 7. The number of hydrogen-bond acceptors (Lipinski definition) is 3. The topological polar surface area (TPSA) is 54.5 Å². The van der Waals surface area contributed by atoms with Gasteiger partial charge in [0.1, 0.15) is 5.78 Å². The zero-order valence-corrected chi connectivity index (χ0v) is 16.6. The molecule has 1 fully saturated rings. The van der Waals surface area contributed by atoms with Crippen LogP contribution in [0.1, 0.15) is 30.9 Å². The van der Waals surface area contributed by atoms with Crippen LogP contribution in [0.25, 0.3) is 5.57 Å². The fraction of sp³-hybridized carbons (Fsp3) is 0.318. The Labute approximate surface area is 161 Å². The molecule has 27 heavy (non-hydrogen) atoms. The van der Waals surface area contributed by atoms with Gasteiger partial charge in [-0.05, 0) is 35.6 Å². The quantitative estimate of drug-likeness (QED) is 0.724. The van der Waals surface area contributed by atoms with Crippen LogP contribution < -0.4 is 0 Å². The molecule has 0 saturated heterocycles. The van der Waals surface area contributed by atoms with Crippen LogP contribution in [-0.4, -0.2) is 31.6 Å². The zero-order valence-electron chi connectivity index (χ0n) is 15.8. The molecule has 0 amide bonds. The second kappa shape index (κ2) is 7.41. The van der Waals surface area contributed by atoms with Crippen molar-refractivity contribution in [3.63, 3.8) is 0 Å². The first-order valence-electron chi connectivity index (χ1n) is 9.01. The summed E-state index contributed by atoms with van der Waals surface area (Å²) >= 11 is 0. The van der Waals surface area contributed by atoms with Crippen molar-refractivity contribution in [2.75, 3.05) is 13.1 Å². The van der Waals surface area contributed by atoms with E-state index in [1.54, 1.807) is 24.3 Å². The van der Waals surface area contributed by atoms with E-state index in [4.69, 9.17) is 0 Å². The van der Waals surface area contributed by atoms with E-state index in [1.807, 2.05) is 44.2 Å². The summed E-state index contributed by atoms with van der Waals surface area (Å²) in [5, 5.41) is 0. The van der Waals surface area contributed by atoms with Gasteiger partial charge in [-0.25, -0.2) is 8.42 Å². The number of carbonyl (C=O) groups is 1. The molecule has 5 heteroatoms. The molecule has 0 unspecified atom stereocenters. The molecule has 0 N–H and O–H groups in total. The Morgan fingerprint density at radius 2 is 1.67 bits per heavy atom. The van der Waals surface area contributed by atoms with Crippen LogP contribution in [0.4, 0.5) is 0 Å². The average molecular weight is 384 g/mol. The summed E-state index contributed by atoms with van der Waals surface area (Å²) in [7, 11) is -3.69. The summed E-state index contributed by atoms with van der Waals surface area (Å²) in [6, 6.07) is 16.4. The lowest BCUT2D eigenvalue weighted by atomic mass is 9.69. The summed E-state index contributed by atoms with van der Waals surface area (Å²) < 4.78 is 28.1. The molecule has 0 bridgehead atoms. The summed E-state index contributed by atoms with van der Waals surface area (Å²) in [5.41, 5.74) is 2.34. The standard InChI is InChI=1S/C22H25NO3S/c1-17-9-11-21(12-10-17)27(25,26)23(16-22(3)13-20(24)14-22)15-18(2)19-7-5-4-6-8-19/h4-12H,2,13-16H2,1,3H3. The van der Waals surface area contributed by atoms with E-state index in [-0.39, 0.29) is 22.6 Å². The van der Waals surface area contributed by atoms with E-state index >= 15 is 0 Å². The highest BCUT2D eigenvalue weighted by Gasteiger charge is 2.42. The molecule has 1 aliphatic rings. The Kier molecular flexibility index (Phi) is 5.36. The Hall–Kier alpha value is -2.24. The van der Waals surface area contributed by atoms with Gasteiger partial charge in [0.25, 0.3) is 0 Å². The number of aryl methyl sites for hydroxylation is 1. The molecule has 1 aliphatic carbocycles. The second-order valence-corrected chi connectivity index (χ2v) is 9.70. The predicted octanol–water partition coefficient (Wildman–Crippen LogP) is 4.07. The van der Waals surface area contributed by atoms with E-state index in [9.17, 15) is 13.2 Å². The van der Waals surface area contributed by atoms with Crippen molar-refractivity contribution in [3.8, 4) is 0 Å². The Morgan fingerprint density at radius 1 is 1.07 bits per heavy atom. The maximum Gasteiger partial charge on any atom is 0.243 e. The van der Waals surface area contributed by atoms with Crippen LogP contribution in [0.2, 0.25) is 0 Å². The summed E-state index contributed by atoms with van der Waals surface area (Å²) in [4.78, 5) is 11.8. The lowest BCUT2D eigenvalue weighted by molar-refractivity contribution is -0.132. The van der Waals surface area contributed by atoms with Crippen LogP contribution in [0.15, 0.2) is 66.1 Å². The summed E-state index contributed by atoms with van der Waals surface area (Å²) in [6.45, 7) is 8.50. The molecular weight excluding hydrogens is 358 g/mol. The maximum absolute atomic E-state index is 13.3. The highest BCUT2D eigenvalue weighted by molar-refractivity contribution is 7.89. The molecule has 0 heterocycles. The molecule has 0 aliphatic heterocycles. The fourth-order valence-electron chi connectivity index (χ4n) is 3.50. The molecule has 0 spiro atoms. The van der Waals surface area contributed by atoms with Crippen molar-refractivity contribution in [1.82, 2.24) is 4.31 Å². The van der Waals surface area contributed by atoms with Gasteiger partial charge in [0.15, 0.2) is 0 Å². The third-order valence-corrected chi connectivity index (χ3v) is 6.82. The largest absolute Gasteiger partial charge is 0.300 e. The van der Waals surface area contributed by atoms with Crippen molar-refractivity contribution in [3.05, 3.63) is 72.3 Å². The molecular formula is C22H25NO3S. The number of benzene rings is 2. The molecule has 2 aromatic carbocycles. The first-order chi connectivity index (χ1) is 12.7. The van der Waals surface area contributed by atoms with E-state index in [0.717, 1.165) is 16.7 Å². The summed E-state index contributed by atoms with van der Waals surface area (Å²) in [5.74, 6) is 0.187. The first kappa shape index (κ1) is 19.5. The van der Waals surface area contributed by atoms with Gasteiger partial charge in [-0.2, -0.15) is 4.31 Å². The molecule has 0 aromatic heterocycles. The van der Waals surface area contributed by atoms with Gasteiger partial charge >= 0.3 is 0 Å². The van der Waals surface area contributed by atoms with E-state index in [1.165, 1.54) is 4.31 Å². The average Bonchev–Trinajstić information content (AvgIpc) is 2.61. The van der Waals surface area contributed by atoms with Gasteiger partial charge < -0.3 is 0 Å². The number of nitrogens with zero attached hydrogens (tertiary/aromatic N) is 1. The smallest absolute Gasteiger partial charge is 0.243 e.